The highest BCUT2D eigenvalue weighted by atomic mass is 35.5. The molecule has 0 aliphatic heterocycles. The molecule has 26 heavy (non-hydrogen) atoms. The van der Waals surface area contributed by atoms with Crippen molar-refractivity contribution in [2.24, 2.45) is 0 Å². The Morgan fingerprint density at radius 2 is 2.00 bits per heavy atom. The highest BCUT2D eigenvalue weighted by Gasteiger charge is 2.21. The van der Waals surface area contributed by atoms with Crippen LogP contribution in [0.5, 0.6) is 0 Å². The summed E-state index contributed by atoms with van der Waals surface area (Å²) >= 11 is 8.88. The van der Waals surface area contributed by atoms with Gasteiger partial charge >= 0.3 is 0 Å². The zero-order valence-electron chi connectivity index (χ0n) is 14.7. The van der Waals surface area contributed by atoms with Gasteiger partial charge in [-0.25, -0.2) is 0 Å². The Balaban J connectivity index is 1.91. The molecule has 1 atom stereocenters. The molecule has 136 valence electrons. The SMILES string of the molecule is CC(c1nnc(SCC(=O)c2cccs2)n1-c1ccc(Cl)cc1)N(C)C. The Kier molecular flexibility index (Phi) is 6.13. The quantitative estimate of drug-likeness (QED) is 0.424. The van der Waals surface area contributed by atoms with Crippen LogP contribution in [0.2, 0.25) is 5.02 Å². The highest BCUT2D eigenvalue weighted by Crippen LogP contribution is 2.28. The Morgan fingerprint density at radius 3 is 2.62 bits per heavy atom. The van der Waals surface area contributed by atoms with Crippen molar-refractivity contribution in [3.8, 4) is 5.69 Å². The maximum absolute atomic E-state index is 12.3. The summed E-state index contributed by atoms with van der Waals surface area (Å²) in [5.74, 6) is 1.24. The van der Waals surface area contributed by atoms with E-state index in [1.54, 1.807) is 0 Å². The average Bonchev–Trinajstić information content (AvgIpc) is 3.29. The topological polar surface area (TPSA) is 51.0 Å². The molecule has 3 aromatic rings. The van der Waals surface area contributed by atoms with Crippen LogP contribution in [0.3, 0.4) is 0 Å². The number of hydrogen-bond donors (Lipinski definition) is 0. The van der Waals surface area contributed by atoms with Crippen molar-refractivity contribution in [1.29, 1.82) is 0 Å². The fraction of sp³-hybridized carbons (Fsp3) is 0.278. The van der Waals surface area contributed by atoms with Crippen LogP contribution in [0.4, 0.5) is 0 Å². The van der Waals surface area contributed by atoms with Crippen molar-refractivity contribution in [3.63, 3.8) is 0 Å². The fourth-order valence-corrected chi connectivity index (χ4v) is 4.07. The van der Waals surface area contributed by atoms with Crippen LogP contribution in [-0.2, 0) is 0 Å². The van der Waals surface area contributed by atoms with Crippen LogP contribution in [0.25, 0.3) is 5.69 Å². The number of Topliss-reactive ketones (excluding diaryl/α,β-unsaturated/α-hetero) is 1. The molecule has 2 aromatic heterocycles. The Bertz CT molecular complexity index is 875. The number of nitrogens with zero attached hydrogens (tertiary/aromatic N) is 4. The molecule has 0 saturated carbocycles. The van der Waals surface area contributed by atoms with Crippen LogP contribution in [0.1, 0.15) is 28.5 Å². The van der Waals surface area contributed by atoms with Crippen LogP contribution >= 0.6 is 34.7 Å². The molecule has 0 saturated heterocycles. The number of rotatable bonds is 7. The molecule has 0 aliphatic carbocycles. The zero-order chi connectivity index (χ0) is 18.7. The molecule has 2 heterocycles. The van der Waals surface area contributed by atoms with Crippen molar-refractivity contribution in [2.75, 3.05) is 19.8 Å². The Morgan fingerprint density at radius 1 is 1.27 bits per heavy atom. The van der Waals surface area contributed by atoms with Gasteiger partial charge in [-0.2, -0.15) is 0 Å². The lowest BCUT2D eigenvalue weighted by Crippen LogP contribution is -2.20. The lowest BCUT2D eigenvalue weighted by atomic mass is 10.2. The lowest BCUT2D eigenvalue weighted by molar-refractivity contribution is 0.102. The van der Waals surface area contributed by atoms with E-state index >= 15 is 0 Å². The summed E-state index contributed by atoms with van der Waals surface area (Å²) in [6.07, 6.45) is 0. The second kappa shape index (κ2) is 8.35. The lowest BCUT2D eigenvalue weighted by Gasteiger charge is -2.20. The fourth-order valence-electron chi connectivity index (χ4n) is 2.35. The monoisotopic (exact) mass is 406 g/mol. The molecule has 0 spiro atoms. The van der Waals surface area contributed by atoms with Crippen LogP contribution in [0, 0.1) is 0 Å². The first kappa shape index (κ1) is 19.1. The van der Waals surface area contributed by atoms with E-state index < -0.39 is 0 Å². The van der Waals surface area contributed by atoms with Gasteiger partial charge in [-0.15, -0.1) is 21.5 Å². The first-order valence-electron chi connectivity index (χ1n) is 8.04. The minimum atomic E-state index is 0.0699. The van der Waals surface area contributed by atoms with Gasteiger partial charge in [0.15, 0.2) is 16.8 Å². The molecule has 0 fully saturated rings. The number of ketones is 1. The van der Waals surface area contributed by atoms with E-state index in [1.165, 1.54) is 23.1 Å². The largest absolute Gasteiger partial charge is 0.300 e. The maximum atomic E-state index is 12.3. The maximum Gasteiger partial charge on any atom is 0.196 e. The molecular formula is C18H19ClN4OS2. The Hall–Kier alpha value is -1.67. The third kappa shape index (κ3) is 4.17. The van der Waals surface area contributed by atoms with Crippen molar-refractivity contribution in [1.82, 2.24) is 19.7 Å². The van der Waals surface area contributed by atoms with E-state index in [4.69, 9.17) is 11.6 Å². The molecule has 8 heteroatoms. The zero-order valence-corrected chi connectivity index (χ0v) is 17.1. The number of thioether (sulfide) groups is 1. The van der Waals surface area contributed by atoms with E-state index in [1.807, 2.05) is 60.4 Å². The number of carbonyl (C=O) groups is 1. The van der Waals surface area contributed by atoms with Gasteiger partial charge in [-0.3, -0.25) is 14.3 Å². The standard InChI is InChI=1S/C18H19ClN4OS2/c1-12(22(2)3)17-20-21-18(23(17)14-8-6-13(19)7-9-14)26-11-15(24)16-5-4-10-25-16/h4-10,12H,11H2,1-3H3. The number of aromatic nitrogens is 3. The van der Waals surface area contributed by atoms with Gasteiger partial charge < -0.3 is 0 Å². The average molecular weight is 407 g/mol. The summed E-state index contributed by atoms with van der Waals surface area (Å²) in [6.45, 7) is 2.07. The van der Waals surface area contributed by atoms with E-state index in [0.717, 1.165) is 16.4 Å². The van der Waals surface area contributed by atoms with E-state index in [9.17, 15) is 4.79 Å². The summed E-state index contributed by atoms with van der Waals surface area (Å²) in [5, 5.41) is 12.0. The smallest absolute Gasteiger partial charge is 0.196 e. The number of hydrogen-bond acceptors (Lipinski definition) is 6. The third-order valence-electron chi connectivity index (χ3n) is 4.02. The van der Waals surface area contributed by atoms with Crippen LogP contribution in [0.15, 0.2) is 46.9 Å². The second-order valence-electron chi connectivity index (χ2n) is 5.98. The van der Waals surface area contributed by atoms with Gasteiger partial charge in [-0.1, -0.05) is 29.4 Å². The molecule has 0 aliphatic rings. The van der Waals surface area contributed by atoms with Gasteiger partial charge in [0.05, 0.1) is 16.7 Å². The first-order chi connectivity index (χ1) is 12.5. The molecule has 0 bridgehead atoms. The Labute approximate surface area is 166 Å². The molecule has 0 N–H and O–H groups in total. The van der Waals surface area contributed by atoms with Crippen LogP contribution < -0.4 is 0 Å². The van der Waals surface area contributed by atoms with Crippen molar-refractivity contribution < 1.29 is 4.79 Å². The summed E-state index contributed by atoms with van der Waals surface area (Å²) in [6, 6.07) is 11.3. The molecule has 0 amide bonds. The summed E-state index contributed by atoms with van der Waals surface area (Å²) in [5.41, 5.74) is 0.925. The van der Waals surface area contributed by atoms with E-state index in [2.05, 4.69) is 22.0 Å². The molecule has 3 rings (SSSR count). The van der Waals surface area contributed by atoms with E-state index in [0.29, 0.717) is 15.9 Å². The normalized spacial score (nSPS) is 12.5. The van der Waals surface area contributed by atoms with Crippen molar-refractivity contribution in [2.45, 2.75) is 18.1 Å². The summed E-state index contributed by atoms with van der Waals surface area (Å²) < 4.78 is 1.99. The number of halogens is 1. The van der Waals surface area contributed by atoms with Crippen molar-refractivity contribution >= 4 is 40.5 Å². The number of thiophene rings is 1. The predicted octanol–water partition coefficient (Wildman–Crippen LogP) is 4.58. The number of benzene rings is 1. The molecular weight excluding hydrogens is 388 g/mol. The molecule has 0 radical (unpaired) electrons. The molecule has 5 nitrogen and oxygen atoms in total. The minimum Gasteiger partial charge on any atom is -0.300 e. The third-order valence-corrected chi connectivity index (χ3v) is 6.11. The van der Waals surface area contributed by atoms with Gasteiger partial charge in [0.2, 0.25) is 0 Å². The number of carbonyl (C=O) groups excluding carboxylic acids is 1. The minimum absolute atomic E-state index is 0.0699. The second-order valence-corrected chi connectivity index (χ2v) is 8.31. The van der Waals surface area contributed by atoms with Gasteiger partial charge in [0.25, 0.3) is 0 Å². The van der Waals surface area contributed by atoms with E-state index in [-0.39, 0.29) is 11.8 Å². The first-order valence-corrected chi connectivity index (χ1v) is 10.3. The van der Waals surface area contributed by atoms with Gasteiger partial charge in [-0.05, 0) is 56.7 Å². The van der Waals surface area contributed by atoms with Crippen molar-refractivity contribution in [3.05, 3.63) is 57.5 Å². The predicted molar refractivity (Wildman–Crippen MR) is 108 cm³/mol. The van der Waals surface area contributed by atoms with Crippen LogP contribution in [-0.4, -0.2) is 45.3 Å². The molecule has 1 aromatic carbocycles. The highest BCUT2D eigenvalue weighted by molar-refractivity contribution is 7.99. The summed E-state index contributed by atoms with van der Waals surface area (Å²) in [7, 11) is 4.00. The molecule has 1 unspecified atom stereocenters. The van der Waals surface area contributed by atoms with Gasteiger partial charge in [0.1, 0.15) is 0 Å². The van der Waals surface area contributed by atoms with Gasteiger partial charge in [0, 0.05) is 10.7 Å². The summed E-state index contributed by atoms with van der Waals surface area (Å²) in [4.78, 5) is 15.2.